The molecule has 1 aromatic carbocycles. The Balaban J connectivity index is 1.44. The second-order valence-electron chi connectivity index (χ2n) is 7.06. The smallest absolute Gasteiger partial charge is 0.227 e. The van der Waals surface area contributed by atoms with E-state index in [1.54, 1.807) is 0 Å². The van der Waals surface area contributed by atoms with E-state index in [2.05, 4.69) is 22.3 Å². The Morgan fingerprint density at radius 3 is 2.50 bits per heavy atom. The number of nitrogens with one attached hydrogen (secondary N) is 1. The molecule has 2 N–H and O–H groups in total. The number of aliphatic hydroxyl groups is 1. The topological polar surface area (TPSA) is 52.6 Å². The lowest BCUT2D eigenvalue weighted by Gasteiger charge is -2.26. The number of hydrogen-bond acceptors (Lipinski definition) is 4. The maximum atomic E-state index is 12.1. The van der Waals surface area contributed by atoms with Gasteiger partial charge in [-0.2, -0.15) is 11.8 Å². The van der Waals surface area contributed by atoms with Crippen molar-refractivity contribution in [2.45, 2.75) is 44.1 Å². The van der Waals surface area contributed by atoms with Gasteiger partial charge in [0.15, 0.2) is 0 Å². The molecule has 0 unspecified atom stereocenters. The van der Waals surface area contributed by atoms with Crippen molar-refractivity contribution in [3.63, 3.8) is 0 Å². The lowest BCUT2D eigenvalue weighted by atomic mass is 9.97. The summed E-state index contributed by atoms with van der Waals surface area (Å²) in [6.07, 6.45) is 4.80. The molecule has 5 heteroatoms. The van der Waals surface area contributed by atoms with Crippen molar-refractivity contribution in [2.24, 2.45) is 0 Å². The van der Waals surface area contributed by atoms with E-state index in [-0.39, 0.29) is 12.3 Å². The largest absolute Gasteiger partial charge is 0.389 e. The van der Waals surface area contributed by atoms with Crippen molar-refractivity contribution >= 4 is 23.4 Å². The van der Waals surface area contributed by atoms with Crippen molar-refractivity contribution in [3.8, 4) is 0 Å². The summed E-state index contributed by atoms with van der Waals surface area (Å²) in [7, 11) is 0. The number of amides is 1. The minimum absolute atomic E-state index is 0.0852. The zero-order valence-electron chi connectivity index (χ0n) is 14.3. The number of carbonyl (C=O) groups excluding carboxylic acids is 1. The molecular formula is C19H28N2O2S. The molecule has 0 aromatic heterocycles. The van der Waals surface area contributed by atoms with Gasteiger partial charge in [-0.25, -0.2) is 0 Å². The zero-order valence-corrected chi connectivity index (χ0v) is 15.1. The summed E-state index contributed by atoms with van der Waals surface area (Å²) in [6, 6.07) is 8.13. The van der Waals surface area contributed by atoms with E-state index in [0.717, 1.165) is 44.3 Å². The SMILES string of the molecule is O=C(CC1(O)CCCC1)Nc1ccc(CCN2CCSCC2)cc1. The van der Waals surface area contributed by atoms with Gasteiger partial charge < -0.3 is 15.3 Å². The Morgan fingerprint density at radius 2 is 1.83 bits per heavy atom. The third-order valence-electron chi connectivity index (χ3n) is 5.08. The fourth-order valence-corrected chi connectivity index (χ4v) is 4.56. The molecule has 1 saturated heterocycles. The molecule has 1 aliphatic heterocycles. The van der Waals surface area contributed by atoms with Gasteiger partial charge in [0.1, 0.15) is 0 Å². The number of nitrogens with zero attached hydrogens (tertiary/aromatic N) is 1. The van der Waals surface area contributed by atoms with Crippen molar-refractivity contribution in [2.75, 3.05) is 36.5 Å². The Kier molecular flexibility index (Phi) is 6.19. The summed E-state index contributed by atoms with van der Waals surface area (Å²) in [6.45, 7) is 3.50. The monoisotopic (exact) mass is 348 g/mol. The number of benzene rings is 1. The quantitative estimate of drug-likeness (QED) is 0.830. The number of rotatable bonds is 6. The van der Waals surface area contributed by atoms with E-state index in [9.17, 15) is 9.90 Å². The number of anilines is 1. The summed E-state index contributed by atoms with van der Waals surface area (Å²) in [5.41, 5.74) is 1.34. The molecule has 2 fully saturated rings. The molecule has 1 saturated carbocycles. The second kappa shape index (κ2) is 8.37. The summed E-state index contributed by atoms with van der Waals surface area (Å²) < 4.78 is 0. The first-order valence-corrected chi connectivity index (χ1v) is 10.2. The van der Waals surface area contributed by atoms with Gasteiger partial charge >= 0.3 is 0 Å². The van der Waals surface area contributed by atoms with Gasteiger partial charge in [-0.1, -0.05) is 25.0 Å². The van der Waals surface area contributed by atoms with E-state index < -0.39 is 5.60 Å². The second-order valence-corrected chi connectivity index (χ2v) is 8.28. The molecule has 0 radical (unpaired) electrons. The first-order chi connectivity index (χ1) is 11.6. The van der Waals surface area contributed by atoms with Crippen LogP contribution in [-0.4, -0.2) is 52.7 Å². The highest BCUT2D eigenvalue weighted by Crippen LogP contribution is 2.32. The molecule has 0 atom stereocenters. The molecule has 0 bridgehead atoms. The number of carbonyl (C=O) groups is 1. The van der Waals surface area contributed by atoms with E-state index in [1.165, 1.54) is 30.2 Å². The fraction of sp³-hybridized carbons (Fsp3) is 0.632. The molecule has 0 spiro atoms. The maximum Gasteiger partial charge on any atom is 0.227 e. The van der Waals surface area contributed by atoms with Crippen molar-refractivity contribution < 1.29 is 9.90 Å². The van der Waals surface area contributed by atoms with E-state index in [4.69, 9.17) is 0 Å². The van der Waals surface area contributed by atoms with Gasteiger partial charge in [0.2, 0.25) is 5.91 Å². The van der Waals surface area contributed by atoms with E-state index in [0.29, 0.717) is 0 Å². The fourth-order valence-electron chi connectivity index (χ4n) is 3.58. The first kappa shape index (κ1) is 17.8. The van der Waals surface area contributed by atoms with Gasteiger partial charge in [-0.15, -0.1) is 0 Å². The molecule has 2 aliphatic rings. The third kappa shape index (κ3) is 5.23. The van der Waals surface area contributed by atoms with E-state index >= 15 is 0 Å². The van der Waals surface area contributed by atoms with Crippen LogP contribution in [0.5, 0.6) is 0 Å². The third-order valence-corrected chi connectivity index (χ3v) is 6.02. The molecule has 3 rings (SSSR count). The average Bonchev–Trinajstić information content (AvgIpc) is 3.01. The molecule has 1 heterocycles. The minimum Gasteiger partial charge on any atom is -0.389 e. The van der Waals surface area contributed by atoms with Gasteiger partial charge in [0.25, 0.3) is 0 Å². The average molecular weight is 349 g/mol. The molecular weight excluding hydrogens is 320 g/mol. The van der Waals surface area contributed by atoms with Gasteiger partial charge in [-0.3, -0.25) is 4.79 Å². The van der Waals surface area contributed by atoms with Crippen molar-refractivity contribution in [1.29, 1.82) is 0 Å². The first-order valence-electron chi connectivity index (χ1n) is 9.04. The van der Waals surface area contributed by atoms with Crippen molar-refractivity contribution in [3.05, 3.63) is 29.8 Å². The molecule has 1 amide bonds. The minimum atomic E-state index is -0.781. The Hall–Kier alpha value is -1.04. The van der Waals surface area contributed by atoms with Crippen LogP contribution in [0.3, 0.4) is 0 Å². The highest BCUT2D eigenvalue weighted by molar-refractivity contribution is 7.99. The number of thioether (sulfide) groups is 1. The van der Waals surface area contributed by atoms with Gasteiger partial charge in [0, 0.05) is 36.8 Å². The van der Waals surface area contributed by atoms with Crippen LogP contribution in [0.1, 0.15) is 37.7 Å². The van der Waals surface area contributed by atoms with Crippen LogP contribution >= 0.6 is 11.8 Å². The van der Waals surface area contributed by atoms with Crippen LogP contribution in [0.15, 0.2) is 24.3 Å². The molecule has 1 aliphatic carbocycles. The summed E-state index contributed by atoms with van der Waals surface area (Å²) in [5, 5.41) is 13.2. The van der Waals surface area contributed by atoms with Gasteiger partial charge in [0.05, 0.1) is 12.0 Å². The van der Waals surface area contributed by atoms with Crippen LogP contribution in [0.25, 0.3) is 0 Å². The predicted molar refractivity (Wildman–Crippen MR) is 101 cm³/mol. The molecule has 1 aromatic rings. The van der Waals surface area contributed by atoms with Gasteiger partial charge in [-0.05, 0) is 37.0 Å². The lowest BCUT2D eigenvalue weighted by molar-refractivity contribution is -0.120. The van der Waals surface area contributed by atoms with Crippen LogP contribution in [0.2, 0.25) is 0 Å². The summed E-state index contributed by atoms with van der Waals surface area (Å²) >= 11 is 2.04. The highest BCUT2D eigenvalue weighted by Gasteiger charge is 2.33. The standard InChI is InChI=1S/C19H28N2O2S/c22-18(15-19(23)8-1-2-9-19)20-17-5-3-16(4-6-17)7-10-21-11-13-24-14-12-21/h3-6,23H,1-2,7-15H2,(H,20,22). The van der Waals surface area contributed by atoms with Crippen molar-refractivity contribution in [1.82, 2.24) is 4.90 Å². The molecule has 4 nitrogen and oxygen atoms in total. The highest BCUT2D eigenvalue weighted by atomic mass is 32.2. The molecule has 132 valence electrons. The number of hydrogen-bond donors (Lipinski definition) is 2. The molecule has 24 heavy (non-hydrogen) atoms. The zero-order chi connectivity index (χ0) is 16.8. The van der Waals surface area contributed by atoms with Crippen LogP contribution in [0.4, 0.5) is 5.69 Å². The van der Waals surface area contributed by atoms with Crippen LogP contribution < -0.4 is 5.32 Å². The summed E-state index contributed by atoms with van der Waals surface area (Å²) in [5.74, 6) is 2.41. The normalized spacial score (nSPS) is 20.9. The maximum absolute atomic E-state index is 12.1. The Labute approximate surface area is 149 Å². The Bertz CT molecular complexity index is 535. The van der Waals surface area contributed by atoms with Crippen LogP contribution in [-0.2, 0) is 11.2 Å². The van der Waals surface area contributed by atoms with E-state index in [1.807, 2.05) is 23.9 Å². The van der Waals surface area contributed by atoms with Crippen LogP contribution in [0, 0.1) is 0 Å². The lowest BCUT2D eigenvalue weighted by Crippen LogP contribution is -2.34. The predicted octanol–water partition coefficient (Wildman–Crippen LogP) is 2.91. The summed E-state index contributed by atoms with van der Waals surface area (Å²) in [4.78, 5) is 14.6. The Morgan fingerprint density at radius 1 is 1.17 bits per heavy atom.